The summed E-state index contributed by atoms with van der Waals surface area (Å²) in [4.78, 5) is 31.3. The number of hydrogen-bond donors (Lipinski definition) is 2. The maximum atomic E-state index is 13.7. The predicted octanol–water partition coefficient (Wildman–Crippen LogP) is 3.86. The molecule has 0 saturated carbocycles. The number of phenols is 1. The van der Waals surface area contributed by atoms with Gasteiger partial charge in [0.2, 0.25) is 0 Å². The lowest BCUT2D eigenvalue weighted by molar-refractivity contribution is -0.140. The zero-order valence-corrected chi connectivity index (χ0v) is 16.6. The molecule has 2 heterocycles. The highest BCUT2D eigenvalue weighted by molar-refractivity contribution is 6.46. The van der Waals surface area contributed by atoms with E-state index in [0.717, 1.165) is 0 Å². The Bertz CT molecular complexity index is 1190. The number of benzene rings is 2. The van der Waals surface area contributed by atoms with E-state index < -0.39 is 23.5 Å². The van der Waals surface area contributed by atoms with Crippen LogP contribution in [0.5, 0.6) is 5.75 Å². The number of halogens is 1. The number of ketones is 1. The van der Waals surface area contributed by atoms with Crippen molar-refractivity contribution in [2.24, 2.45) is 0 Å². The van der Waals surface area contributed by atoms with Crippen molar-refractivity contribution < 1.29 is 24.2 Å². The molecule has 1 aromatic heterocycles. The lowest BCUT2D eigenvalue weighted by atomic mass is 9.94. The summed E-state index contributed by atoms with van der Waals surface area (Å²) in [5.74, 6) is -2.39. The van der Waals surface area contributed by atoms with E-state index in [1.807, 2.05) is 0 Å². The molecule has 0 bridgehead atoms. The average Bonchev–Trinajstić information content (AvgIpc) is 3.01. The first-order chi connectivity index (χ1) is 14.9. The number of carbonyl (C=O) groups is 2. The SMILES string of the molecule is Cc1cc(/C(O)=C2/C(=O)C(=O)N(Cc3cccnc3)C2c2ccc(O)cc2)ccc1F. The number of nitrogens with zero attached hydrogens (tertiary/aromatic N) is 2. The molecular weight excluding hydrogens is 399 g/mol. The summed E-state index contributed by atoms with van der Waals surface area (Å²) in [5, 5.41) is 20.7. The van der Waals surface area contributed by atoms with Crippen LogP contribution >= 0.6 is 0 Å². The smallest absolute Gasteiger partial charge is 0.295 e. The molecule has 156 valence electrons. The van der Waals surface area contributed by atoms with Gasteiger partial charge < -0.3 is 15.1 Å². The van der Waals surface area contributed by atoms with E-state index in [1.54, 1.807) is 43.6 Å². The van der Waals surface area contributed by atoms with E-state index in [-0.39, 0.29) is 29.2 Å². The molecule has 1 aliphatic heterocycles. The molecule has 3 aromatic rings. The minimum atomic E-state index is -0.883. The zero-order chi connectivity index (χ0) is 22.1. The molecule has 1 fully saturated rings. The first kappa shape index (κ1) is 20.3. The van der Waals surface area contributed by atoms with Gasteiger partial charge in [-0.05, 0) is 60.0 Å². The summed E-state index contributed by atoms with van der Waals surface area (Å²) in [6.45, 7) is 1.65. The Morgan fingerprint density at radius 2 is 1.87 bits per heavy atom. The molecule has 2 N–H and O–H groups in total. The van der Waals surface area contributed by atoms with Crippen LogP contribution in [0, 0.1) is 12.7 Å². The summed E-state index contributed by atoms with van der Waals surface area (Å²) in [6, 6.07) is 12.7. The van der Waals surface area contributed by atoms with E-state index in [9.17, 15) is 24.2 Å². The van der Waals surface area contributed by atoms with Crippen LogP contribution in [-0.4, -0.2) is 31.8 Å². The highest BCUT2D eigenvalue weighted by atomic mass is 19.1. The molecule has 1 aliphatic rings. The maximum absolute atomic E-state index is 13.7. The zero-order valence-electron chi connectivity index (χ0n) is 16.6. The van der Waals surface area contributed by atoms with E-state index in [0.29, 0.717) is 16.7 Å². The topological polar surface area (TPSA) is 90.7 Å². The third kappa shape index (κ3) is 3.77. The molecule has 4 rings (SSSR count). The van der Waals surface area contributed by atoms with Gasteiger partial charge in [0.05, 0.1) is 11.6 Å². The van der Waals surface area contributed by atoms with Gasteiger partial charge in [0, 0.05) is 24.5 Å². The second kappa shape index (κ2) is 8.02. The summed E-state index contributed by atoms with van der Waals surface area (Å²) >= 11 is 0. The van der Waals surface area contributed by atoms with Gasteiger partial charge in [-0.25, -0.2) is 4.39 Å². The fourth-order valence-corrected chi connectivity index (χ4v) is 3.68. The molecule has 1 unspecified atom stereocenters. The summed E-state index contributed by atoms with van der Waals surface area (Å²) in [6.07, 6.45) is 3.20. The van der Waals surface area contributed by atoms with Gasteiger partial charge in [-0.1, -0.05) is 18.2 Å². The van der Waals surface area contributed by atoms with Gasteiger partial charge in [-0.2, -0.15) is 0 Å². The first-order valence-electron chi connectivity index (χ1n) is 9.59. The van der Waals surface area contributed by atoms with Crippen LogP contribution in [0.15, 0.2) is 72.6 Å². The summed E-state index contributed by atoms with van der Waals surface area (Å²) < 4.78 is 13.7. The number of aromatic nitrogens is 1. The number of aliphatic hydroxyl groups excluding tert-OH is 1. The minimum Gasteiger partial charge on any atom is -0.508 e. The van der Waals surface area contributed by atoms with Crippen molar-refractivity contribution in [3.05, 3.63) is 101 Å². The Balaban J connectivity index is 1.87. The second-order valence-corrected chi connectivity index (χ2v) is 7.34. The van der Waals surface area contributed by atoms with Crippen molar-refractivity contribution in [1.29, 1.82) is 0 Å². The number of aliphatic hydroxyl groups is 1. The normalized spacial score (nSPS) is 17.9. The van der Waals surface area contributed by atoms with Crippen molar-refractivity contribution in [2.75, 3.05) is 0 Å². The molecule has 1 atom stereocenters. The predicted molar refractivity (Wildman–Crippen MR) is 111 cm³/mol. The van der Waals surface area contributed by atoms with Crippen molar-refractivity contribution in [1.82, 2.24) is 9.88 Å². The lowest BCUT2D eigenvalue weighted by Crippen LogP contribution is -2.29. The van der Waals surface area contributed by atoms with E-state index in [4.69, 9.17) is 0 Å². The summed E-state index contributed by atoms with van der Waals surface area (Å²) in [5.41, 5.74) is 1.70. The van der Waals surface area contributed by atoms with Gasteiger partial charge in [-0.3, -0.25) is 14.6 Å². The Hall–Kier alpha value is -4.00. The largest absolute Gasteiger partial charge is 0.508 e. The number of aryl methyl sites for hydroxylation is 1. The standard InChI is InChI=1S/C24H19FN2O4/c1-14-11-17(6-9-19(14)25)22(29)20-21(16-4-7-18(28)8-5-16)27(24(31)23(20)30)13-15-3-2-10-26-12-15/h2-12,21,28-29H,13H2,1H3/b22-20-. The molecule has 1 saturated heterocycles. The fraction of sp³-hybridized carbons (Fsp3) is 0.125. The first-order valence-corrected chi connectivity index (χ1v) is 9.59. The van der Waals surface area contributed by atoms with Crippen LogP contribution < -0.4 is 0 Å². The molecule has 0 spiro atoms. The van der Waals surface area contributed by atoms with Crippen molar-refractivity contribution >= 4 is 17.4 Å². The van der Waals surface area contributed by atoms with Gasteiger partial charge in [0.15, 0.2) is 0 Å². The monoisotopic (exact) mass is 418 g/mol. The fourth-order valence-electron chi connectivity index (χ4n) is 3.68. The molecule has 0 radical (unpaired) electrons. The van der Waals surface area contributed by atoms with E-state index in [1.165, 1.54) is 35.2 Å². The van der Waals surface area contributed by atoms with Crippen molar-refractivity contribution in [3.63, 3.8) is 0 Å². The molecule has 1 amide bonds. The number of aromatic hydroxyl groups is 1. The highest BCUT2D eigenvalue weighted by Crippen LogP contribution is 2.40. The average molecular weight is 418 g/mol. The van der Waals surface area contributed by atoms with E-state index in [2.05, 4.69) is 4.98 Å². The number of hydrogen-bond acceptors (Lipinski definition) is 5. The van der Waals surface area contributed by atoms with Crippen LogP contribution in [0.2, 0.25) is 0 Å². The Morgan fingerprint density at radius 1 is 1.13 bits per heavy atom. The van der Waals surface area contributed by atoms with Gasteiger partial charge in [0.1, 0.15) is 17.3 Å². The van der Waals surface area contributed by atoms with Crippen molar-refractivity contribution in [2.45, 2.75) is 19.5 Å². The van der Waals surface area contributed by atoms with Gasteiger partial charge in [-0.15, -0.1) is 0 Å². The second-order valence-electron chi connectivity index (χ2n) is 7.34. The van der Waals surface area contributed by atoms with Crippen LogP contribution in [0.25, 0.3) is 5.76 Å². The van der Waals surface area contributed by atoms with Crippen LogP contribution in [0.1, 0.15) is 28.3 Å². The Morgan fingerprint density at radius 3 is 2.52 bits per heavy atom. The van der Waals surface area contributed by atoms with Gasteiger partial charge >= 0.3 is 0 Å². The van der Waals surface area contributed by atoms with Crippen LogP contribution in [0.4, 0.5) is 4.39 Å². The number of likely N-dealkylation sites (tertiary alicyclic amines) is 1. The third-order valence-electron chi connectivity index (χ3n) is 5.26. The Kier molecular flexibility index (Phi) is 5.25. The van der Waals surface area contributed by atoms with Gasteiger partial charge in [0.25, 0.3) is 11.7 Å². The quantitative estimate of drug-likeness (QED) is 0.382. The molecule has 2 aromatic carbocycles. The maximum Gasteiger partial charge on any atom is 0.295 e. The molecule has 0 aliphatic carbocycles. The lowest BCUT2D eigenvalue weighted by Gasteiger charge is -2.25. The van der Waals surface area contributed by atoms with Crippen molar-refractivity contribution in [3.8, 4) is 5.75 Å². The Labute approximate surface area is 177 Å². The minimum absolute atomic E-state index is 0.0297. The molecule has 31 heavy (non-hydrogen) atoms. The van der Waals surface area contributed by atoms with Crippen LogP contribution in [-0.2, 0) is 16.1 Å². The van der Waals surface area contributed by atoms with E-state index >= 15 is 0 Å². The third-order valence-corrected chi connectivity index (χ3v) is 5.26. The number of carbonyl (C=O) groups excluding carboxylic acids is 2. The molecular formula is C24H19FN2O4. The number of phenolic OH excluding ortho intramolecular Hbond substituents is 1. The molecule has 6 nitrogen and oxygen atoms in total. The van der Waals surface area contributed by atoms with Crippen LogP contribution in [0.3, 0.4) is 0 Å². The highest BCUT2D eigenvalue weighted by Gasteiger charge is 2.46. The summed E-state index contributed by atoms with van der Waals surface area (Å²) in [7, 11) is 0. The number of rotatable bonds is 4. The molecule has 7 heteroatoms. The number of pyridine rings is 1. The number of amides is 1. The number of Topliss-reactive ketones (excluding diaryl/α,β-unsaturated/α-hetero) is 1.